The van der Waals surface area contributed by atoms with Gasteiger partial charge in [-0.05, 0) is 57.1 Å². The number of nitrogens with zero attached hydrogens (tertiary/aromatic N) is 3. The van der Waals surface area contributed by atoms with Crippen LogP contribution in [0.3, 0.4) is 0 Å². The predicted molar refractivity (Wildman–Crippen MR) is 86.2 cm³/mol. The second-order valence-electron chi connectivity index (χ2n) is 7.25. The van der Waals surface area contributed by atoms with Crippen molar-refractivity contribution in [1.82, 2.24) is 20.0 Å². The number of piperidine rings is 1. The van der Waals surface area contributed by atoms with Crippen LogP contribution < -0.4 is 5.32 Å². The molecule has 0 amide bonds. The summed E-state index contributed by atoms with van der Waals surface area (Å²) in [4.78, 5) is 2.69. The van der Waals surface area contributed by atoms with Gasteiger partial charge in [-0.2, -0.15) is 5.10 Å². The lowest BCUT2D eigenvalue weighted by atomic mass is 9.73. The van der Waals surface area contributed by atoms with Crippen LogP contribution >= 0.6 is 0 Å². The molecule has 4 nitrogen and oxygen atoms in total. The number of fused-ring (bicyclic) bond motifs is 2. The molecule has 2 fully saturated rings. The third kappa shape index (κ3) is 3.49. The molecule has 1 aliphatic heterocycles. The number of aryl methyl sites for hydroxylation is 1. The number of rotatable bonds is 5. The fourth-order valence-corrected chi connectivity index (χ4v) is 4.21. The lowest BCUT2D eigenvalue weighted by Gasteiger charge is -2.49. The van der Waals surface area contributed by atoms with E-state index in [1.807, 2.05) is 17.9 Å². The average Bonchev–Trinajstić information content (AvgIpc) is 2.83. The molecule has 2 atom stereocenters. The maximum absolute atomic E-state index is 4.25. The van der Waals surface area contributed by atoms with Crippen LogP contribution in [-0.4, -0.2) is 46.4 Å². The molecule has 1 aliphatic carbocycles. The zero-order chi connectivity index (χ0) is 14.8. The molecule has 2 bridgehead atoms. The zero-order valence-corrected chi connectivity index (χ0v) is 13.8. The number of likely N-dealkylation sites (tertiary alicyclic amines) is 1. The van der Waals surface area contributed by atoms with Crippen LogP contribution in [0.5, 0.6) is 0 Å². The van der Waals surface area contributed by atoms with Crippen molar-refractivity contribution < 1.29 is 0 Å². The van der Waals surface area contributed by atoms with Crippen LogP contribution in [-0.2, 0) is 13.5 Å². The van der Waals surface area contributed by atoms with E-state index >= 15 is 0 Å². The largest absolute Gasteiger partial charge is 0.313 e. The lowest BCUT2D eigenvalue weighted by molar-refractivity contribution is 0.0300. The standard InChI is InChI=1S/C17H30N4/c1-13(2)21-11-15-5-4-6-16(12-21)17(15)18-8-7-14-9-19-20(3)10-14/h9-10,13,15-18H,4-8,11-12H2,1-3H3. The highest BCUT2D eigenvalue weighted by molar-refractivity contribution is 5.04. The minimum absolute atomic E-state index is 0.699. The first-order valence-electron chi connectivity index (χ1n) is 8.58. The second kappa shape index (κ2) is 6.49. The van der Waals surface area contributed by atoms with Crippen LogP contribution in [0.1, 0.15) is 38.7 Å². The zero-order valence-electron chi connectivity index (χ0n) is 13.8. The first-order chi connectivity index (χ1) is 10.1. The van der Waals surface area contributed by atoms with E-state index < -0.39 is 0 Å². The van der Waals surface area contributed by atoms with Crippen molar-refractivity contribution in [3.63, 3.8) is 0 Å². The van der Waals surface area contributed by atoms with Gasteiger partial charge in [0.2, 0.25) is 0 Å². The molecule has 21 heavy (non-hydrogen) atoms. The van der Waals surface area contributed by atoms with Gasteiger partial charge in [0.25, 0.3) is 0 Å². The molecule has 1 saturated heterocycles. The minimum Gasteiger partial charge on any atom is -0.313 e. The maximum Gasteiger partial charge on any atom is 0.0522 e. The Morgan fingerprint density at radius 1 is 1.29 bits per heavy atom. The van der Waals surface area contributed by atoms with E-state index in [9.17, 15) is 0 Å². The van der Waals surface area contributed by atoms with E-state index in [0.717, 1.165) is 30.8 Å². The first kappa shape index (κ1) is 15.0. The van der Waals surface area contributed by atoms with Gasteiger partial charge in [-0.1, -0.05) is 6.42 Å². The summed E-state index contributed by atoms with van der Waals surface area (Å²) in [6.07, 6.45) is 9.46. The minimum atomic E-state index is 0.699. The Bertz CT molecular complexity index is 439. The van der Waals surface area contributed by atoms with Gasteiger partial charge < -0.3 is 10.2 Å². The Hall–Kier alpha value is -0.870. The van der Waals surface area contributed by atoms with Gasteiger partial charge in [-0.3, -0.25) is 4.68 Å². The van der Waals surface area contributed by atoms with Crippen LogP contribution in [0, 0.1) is 11.8 Å². The monoisotopic (exact) mass is 290 g/mol. The van der Waals surface area contributed by atoms with Gasteiger partial charge in [-0.25, -0.2) is 0 Å². The summed E-state index contributed by atoms with van der Waals surface area (Å²) in [6.45, 7) is 8.35. The van der Waals surface area contributed by atoms with E-state index in [1.165, 1.54) is 37.9 Å². The molecule has 1 aromatic heterocycles. The van der Waals surface area contributed by atoms with E-state index in [-0.39, 0.29) is 0 Å². The van der Waals surface area contributed by atoms with Crippen molar-refractivity contribution in [1.29, 1.82) is 0 Å². The normalized spacial score (nSPS) is 30.0. The van der Waals surface area contributed by atoms with E-state index in [1.54, 1.807) is 0 Å². The molecule has 2 unspecified atom stereocenters. The molecule has 0 spiro atoms. The molecule has 0 radical (unpaired) electrons. The highest BCUT2D eigenvalue weighted by Crippen LogP contribution is 2.35. The molecule has 3 rings (SSSR count). The van der Waals surface area contributed by atoms with E-state index in [4.69, 9.17) is 0 Å². The summed E-state index contributed by atoms with van der Waals surface area (Å²) in [5.74, 6) is 1.71. The Kier molecular flexibility index (Phi) is 4.65. The highest BCUT2D eigenvalue weighted by atomic mass is 15.2. The van der Waals surface area contributed by atoms with E-state index in [2.05, 4.69) is 35.4 Å². The summed E-state index contributed by atoms with van der Waals surface area (Å²) in [6, 6.07) is 1.44. The van der Waals surface area contributed by atoms with Crippen LogP contribution in [0.4, 0.5) is 0 Å². The quantitative estimate of drug-likeness (QED) is 0.901. The number of aromatic nitrogens is 2. The molecule has 2 aliphatic rings. The van der Waals surface area contributed by atoms with Crippen molar-refractivity contribution in [3.05, 3.63) is 18.0 Å². The third-order valence-corrected chi connectivity index (χ3v) is 5.39. The first-order valence-corrected chi connectivity index (χ1v) is 8.58. The summed E-state index contributed by atoms with van der Waals surface area (Å²) < 4.78 is 1.89. The second-order valence-corrected chi connectivity index (χ2v) is 7.25. The number of hydrogen-bond donors (Lipinski definition) is 1. The summed E-state index contributed by atoms with van der Waals surface area (Å²) in [7, 11) is 1.99. The van der Waals surface area contributed by atoms with Gasteiger partial charge in [0, 0.05) is 38.4 Å². The summed E-state index contributed by atoms with van der Waals surface area (Å²) in [5, 5.41) is 8.13. The topological polar surface area (TPSA) is 33.1 Å². The molecule has 118 valence electrons. The molecule has 1 aromatic rings. The van der Waals surface area contributed by atoms with Crippen molar-refractivity contribution in [2.24, 2.45) is 18.9 Å². The number of hydrogen-bond acceptors (Lipinski definition) is 3. The third-order valence-electron chi connectivity index (χ3n) is 5.39. The van der Waals surface area contributed by atoms with Crippen molar-refractivity contribution in [2.75, 3.05) is 19.6 Å². The van der Waals surface area contributed by atoms with Gasteiger partial charge in [0.1, 0.15) is 0 Å². The Morgan fingerprint density at radius 2 is 2.00 bits per heavy atom. The van der Waals surface area contributed by atoms with Crippen LogP contribution in [0.25, 0.3) is 0 Å². The van der Waals surface area contributed by atoms with Gasteiger partial charge >= 0.3 is 0 Å². The molecule has 2 heterocycles. The Balaban J connectivity index is 1.53. The molecular formula is C17H30N4. The molecule has 1 saturated carbocycles. The number of nitrogens with one attached hydrogen (secondary N) is 1. The smallest absolute Gasteiger partial charge is 0.0522 e. The maximum atomic E-state index is 4.25. The molecular weight excluding hydrogens is 260 g/mol. The van der Waals surface area contributed by atoms with Crippen LogP contribution in [0.2, 0.25) is 0 Å². The van der Waals surface area contributed by atoms with Gasteiger partial charge in [0.05, 0.1) is 6.20 Å². The molecule has 0 aromatic carbocycles. The average molecular weight is 290 g/mol. The van der Waals surface area contributed by atoms with Crippen molar-refractivity contribution in [2.45, 2.75) is 51.6 Å². The van der Waals surface area contributed by atoms with Crippen molar-refractivity contribution in [3.8, 4) is 0 Å². The lowest BCUT2D eigenvalue weighted by Crippen LogP contribution is -2.58. The van der Waals surface area contributed by atoms with E-state index in [0.29, 0.717) is 6.04 Å². The molecule has 1 N–H and O–H groups in total. The van der Waals surface area contributed by atoms with Crippen LogP contribution in [0.15, 0.2) is 12.4 Å². The Labute approximate surface area is 128 Å². The SMILES string of the molecule is CC(C)N1CC2CCCC(C1)C2NCCc1cnn(C)c1. The van der Waals surface area contributed by atoms with Gasteiger partial charge in [-0.15, -0.1) is 0 Å². The Morgan fingerprint density at radius 3 is 2.57 bits per heavy atom. The fourth-order valence-electron chi connectivity index (χ4n) is 4.21. The summed E-state index contributed by atoms with van der Waals surface area (Å²) >= 11 is 0. The molecule has 4 heteroatoms. The highest BCUT2D eigenvalue weighted by Gasteiger charge is 2.39. The van der Waals surface area contributed by atoms with Crippen molar-refractivity contribution >= 4 is 0 Å². The van der Waals surface area contributed by atoms with Gasteiger partial charge in [0.15, 0.2) is 0 Å². The predicted octanol–water partition coefficient (Wildman–Crippen LogP) is 2.06. The fraction of sp³-hybridized carbons (Fsp3) is 0.824. The summed E-state index contributed by atoms with van der Waals surface area (Å²) in [5.41, 5.74) is 1.34.